The maximum absolute atomic E-state index is 11.3. The molecule has 2 atom stereocenters. The molecular weight excluding hydrogens is 180 g/mol. The van der Waals surface area contributed by atoms with E-state index in [4.69, 9.17) is 4.74 Å². The Labute approximate surface area is 85.5 Å². The molecule has 1 aliphatic rings. The van der Waals surface area contributed by atoms with E-state index in [0.29, 0.717) is 13.0 Å². The molecule has 14 heavy (non-hydrogen) atoms. The van der Waals surface area contributed by atoms with E-state index in [1.54, 1.807) is 0 Å². The van der Waals surface area contributed by atoms with Gasteiger partial charge in [-0.25, -0.2) is 4.79 Å². The van der Waals surface area contributed by atoms with Crippen molar-refractivity contribution >= 4 is 5.97 Å². The second-order valence-electron chi connectivity index (χ2n) is 4.19. The molecule has 82 valence electrons. The number of carbonyl (C=O) groups is 1. The Hall–Kier alpha value is -0.570. The monoisotopic (exact) mass is 200 g/mol. The molecule has 2 unspecified atom stereocenters. The van der Waals surface area contributed by atoms with E-state index in [-0.39, 0.29) is 5.92 Å². The molecule has 1 aliphatic carbocycles. The molecule has 0 aliphatic heterocycles. The normalized spacial score (nSPS) is 32.9. The average Bonchev–Trinajstić information content (AvgIpc) is 2.16. The van der Waals surface area contributed by atoms with Gasteiger partial charge in [-0.2, -0.15) is 0 Å². The zero-order valence-corrected chi connectivity index (χ0v) is 9.08. The maximum atomic E-state index is 11.3. The first-order valence-electron chi connectivity index (χ1n) is 5.51. The third kappa shape index (κ3) is 2.08. The molecule has 0 aromatic carbocycles. The van der Waals surface area contributed by atoms with Gasteiger partial charge in [0.1, 0.15) is 0 Å². The molecule has 0 amide bonds. The topological polar surface area (TPSA) is 46.5 Å². The van der Waals surface area contributed by atoms with Crippen molar-refractivity contribution in [3.8, 4) is 0 Å². The standard InChI is InChI=1S/C11H20O3/c1-3-8-14-11(10(12)13)7-5-4-6-9(11)2/h9H,3-8H2,1-2H3,(H,12,13). The predicted octanol–water partition coefficient (Wildman–Crippen LogP) is 2.45. The SMILES string of the molecule is CCCOC1(C(=O)O)CCCCC1C. The molecule has 0 spiro atoms. The minimum absolute atomic E-state index is 0.139. The number of rotatable bonds is 4. The fraction of sp³-hybridized carbons (Fsp3) is 0.909. The summed E-state index contributed by atoms with van der Waals surface area (Å²) >= 11 is 0. The first-order chi connectivity index (χ1) is 6.63. The van der Waals surface area contributed by atoms with Crippen LogP contribution in [0.3, 0.4) is 0 Å². The van der Waals surface area contributed by atoms with Crippen LogP contribution in [0, 0.1) is 5.92 Å². The average molecular weight is 200 g/mol. The van der Waals surface area contributed by atoms with Crippen LogP contribution in [-0.4, -0.2) is 23.3 Å². The third-order valence-corrected chi connectivity index (χ3v) is 3.16. The van der Waals surface area contributed by atoms with Gasteiger partial charge in [-0.3, -0.25) is 0 Å². The van der Waals surface area contributed by atoms with Gasteiger partial charge in [-0.1, -0.05) is 20.3 Å². The number of carboxylic acid groups (broad SMARTS) is 1. The van der Waals surface area contributed by atoms with Gasteiger partial charge in [0.25, 0.3) is 0 Å². The van der Waals surface area contributed by atoms with Crippen molar-refractivity contribution < 1.29 is 14.6 Å². The third-order valence-electron chi connectivity index (χ3n) is 3.16. The highest BCUT2D eigenvalue weighted by atomic mass is 16.5. The molecule has 0 heterocycles. The Kier molecular flexibility index (Phi) is 3.93. The van der Waals surface area contributed by atoms with E-state index in [2.05, 4.69) is 0 Å². The first kappa shape index (κ1) is 11.5. The van der Waals surface area contributed by atoms with Gasteiger partial charge >= 0.3 is 5.97 Å². The zero-order chi connectivity index (χ0) is 10.6. The van der Waals surface area contributed by atoms with Gasteiger partial charge in [0, 0.05) is 6.61 Å². The van der Waals surface area contributed by atoms with E-state index in [1.807, 2.05) is 13.8 Å². The van der Waals surface area contributed by atoms with E-state index in [9.17, 15) is 9.90 Å². The highest BCUT2D eigenvalue weighted by Crippen LogP contribution is 2.37. The molecule has 3 nitrogen and oxygen atoms in total. The summed E-state index contributed by atoms with van der Waals surface area (Å²) < 4.78 is 5.59. The van der Waals surface area contributed by atoms with Crippen LogP contribution in [-0.2, 0) is 9.53 Å². The number of hydrogen-bond acceptors (Lipinski definition) is 2. The molecular formula is C11H20O3. The van der Waals surface area contributed by atoms with Crippen molar-refractivity contribution in [1.82, 2.24) is 0 Å². The minimum atomic E-state index is -0.895. The van der Waals surface area contributed by atoms with Crippen molar-refractivity contribution in [3.05, 3.63) is 0 Å². The second-order valence-corrected chi connectivity index (χ2v) is 4.19. The van der Waals surface area contributed by atoms with Crippen LogP contribution in [0.4, 0.5) is 0 Å². The number of carboxylic acids is 1. The summed E-state index contributed by atoms with van der Waals surface area (Å²) in [6.07, 6.45) is 4.62. The molecule has 0 aromatic rings. The van der Waals surface area contributed by atoms with E-state index in [1.165, 1.54) is 0 Å². The summed E-state index contributed by atoms with van der Waals surface area (Å²) in [5.41, 5.74) is -0.895. The van der Waals surface area contributed by atoms with Crippen LogP contribution in [0.5, 0.6) is 0 Å². The predicted molar refractivity (Wildman–Crippen MR) is 54.2 cm³/mol. The van der Waals surface area contributed by atoms with Crippen LogP contribution in [0.15, 0.2) is 0 Å². The lowest BCUT2D eigenvalue weighted by molar-refractivity contribution is -0.179. The van der Waals surface area contributed by atoms with Crippen molar-refractivity contribution in [3.63, 3.8) is 0 Å². The summed E-state index contributed by atoms with van der Waals surface area (Å²) in [4.78, 5) is 11.3. The lowest BCUT2D eigenvalue weighted by atomic mass is 9.76. The Morgan fingerprint density at radius 2 is 2.29 bits per heavy atom. The van der Waals surface area contributed by atoms with Crippen molar-refractivity contribution in [2.45, 2.75) is 51.6 Å². The molecule has 0 radical (unpaired) electrons. The number of aliphatic carboxylic acids is 1. The smallest absolute Gasteiger partial charge is 0.336 e. The highest BCUT2D eigenvalue weighted by molar-refractivity contribution is 5.78. The van der Waals surface area contributed by atoms with Gasteiger partial charge in [0.15, 0.2) is 5.60 Å². The highest BCUT2D eigenvalue weighted by Gasteiger charge is 2.46. The summed E-state index contributed by atoms with van der Waals surface area (Å²) in [7, 11) is 0. The molecule has 1 rings (SSSR count). The zero-order valence-electron chi connectivity index (χ0n) is 9.08. The minimum Gasteiger partial charge on any atom is -0.479 e. The summed E-state index contributed by atoms with van der Waals surface area (Å²) in [5, 5.41) is 9.26. The largest absolute Gasteiger partial charge is 0.479 e. The van der Waals surface area contributed by atoms with Crippen molar-refractivity contribution in [2.24, 2.45) is 5.92 Å². The van der Waals surface area contributed by atoms with Gasteiger partial charge in [0.2, 0.25) is 0 Å². The molecule has 3 heteroatoms. The van der Waals surface area contributed by atoms with Crippen LogP contribution in [0.1, 0.15) is 46.0 Å². The number of hydrogen-bond donors (Lipinski definition) is 1. The fourth-order valence-electron chi connectivity index (χ4n) is 2.20. The van der Waals surface area contributed by atoms with Crippen molar-refractivity contribution in [2.75, 3.05) is 6.61 Å². The second kappa shape index (κ2) is 4.78. The lowest BCUT2D eigenvalue weighted by Gasteiger charge is -2.38. The summed E-state index contributed by atoms with van der Waals surface area (Å²) in [5.74, 6) is -0.640. The summed E-state index contributed by atoms with van der Waals surface area (Å²) in [6.45, 7) is 4.54. The molecule has 1 saturated carbocycles. The molecule has 0 bridgehead atoms. The van der Waals surface area contributed by atoms with Gasteiger partial charge in [-0.05, 0) is 31.6 Å². The number of ether oxygens (including phenoxy) is 1. The van der Waals surface area contributed by atoms with E-state index in [0.717, 1.165) is 25.7 Å². The molecule has 1 N–H and O–H groups in total. The molecule has 1 fully saturated rings. The first-order valence-corrected chi connectivity index (χ1v) is 5.51. The quantitative estimate of drug-likeness (QED) is 0.758. The maximum Gasteiger partial charge on any atom is 0.336 e. The molecule has 0 saturated heterocycles. The van der Waals surface area contributed by atoms with Gasteiger partial charge in [0.05, 0.1) is 0 Å². The van der Waals surface area contributed by atoms with Crippen LogP contribution >= 0.6 is 0 Å². The van der Waals surface area contributed by atoms with E-state index >= 15 is 0 Å². The lowest BCUT2D eigenvalue weighted by Crippen LogP contribution is -2.49. The van der Waals surface area contributed by atoms with Crippen molar-refractivity contribution in [1.29, 1.82) is 0 Å². The van der Waals surface area contributed by atoms with Crippen LogP contribution < -0.4 is 0 Å². The fourth-order valence-corrected chi connectivity index (χ4v) is 2.20. The Bertz CT molecular complexity index is 203. The van der Waals surface area contributed by atoms with Crippen LogP contribution in [0.2, 0.25) is 0 Å². The van der Waals surface area contributed by atoms with Gasteiger partial charge < -0.3 is 9.84 Å². The van der Waals surface area contributed by atoms with E-state index < -0.39 is 11.6 Å². The Balaban J connectivity index is 2.72. The van der Waals surface area contributed by atoms with Crippen LogP contribution in [0.25, 0.3) is 0 Å². The Morgan fingerprint density at radius 1 is 1.57 bits per heavy atom. The summed E-state index contributed by atoms with van der Waals surface area (Å²) in [6, 6.07) is 0. The molecule has 0 aromatic heterocycles. The Morgan fingerprint density at radius 3 is 2.79 bits per heavy atom. The van der Waals surface area contributed by atoms with Gasteiger partial charge in [-0.15, -0.1) is 0 Å².